The molecule has 2 heterocycles. The predicted octanol–water partition coefficient (Wildman–Crippen LogP) is 3.37. The van der Waals surface area contributed by atoms with E-state index < -0.39 is 0 Å². The topological polar surface area (TPSA) is 70.3 Å². The molecule has 2 aromatic carbocycles. The van der Waals surface area contributed by atoms with E-state index in [0.29, 0.717) is 12.4 Å². The third-order valence-corrected chi connectivity index (χ3v) is 4.41. The van der Waals surface area contributed by atoms with Gasteiger partial charge in [-0.15, -0.1) is 0 Å². The van der Waals surface area contributed by atoms with Crippen molar-refractivity contribution in [1.82, 2.24) is 9.97 Å². The van der Waals surface area contributed by atoms with Gasteiger partial charge in [-0.2, -0.15) is 4.40 Å². The lowest BCUT2D eigenvalue weighted by atomic mass is 10.2. The van der Waals surface area contributed by atoms with Crippen LogP contribution < -0.4 is 10.0 Å². The van der Waals surface area contributed by atoms with Crippen LogP contribution in [-0.4, -0.2) is 15.8 Å². The molecule has 1 aliphatic rings. The fraction of sp³-hybridized carbons (Fsp3) is 0.0588. The minimum absolute atomic E-state index is 0.476. The van der Waals surface area contributed by atoms with Gasteiger partial charge in [0.1, 0.15) is 11.5 Å². The Labute approximate surface area is 138 Å². The summed E-state index contributed by atoms with van der Waals surface area (Å²) in [6, 6.07) is 20.3. The molecule has 114 valence electrons. The predicted molar refractivity (Wildman–Crippen MR) is 95.0 cm³/mol. The summed E-state index contributed by atoms with van der Waals surface area (Å²) >= 11 is 1.33. The van der Waals surface area contributed by atoms with Gasteiger partial charge < -0.3 is 10.7 Å². The van der Waals surface area contributed by atoms with Gasteiger partial charge in [-0.1, -0.05) is 60.7 Å². The van der Waals surface area contributed by atoms with Gasteiger partial charge in [0.05, 0.1) is 18.7 Å². The molecule has 0 saturated heterocycles. The first-order chi connectivity index (χ1) is 11.3. The number of hydrogen-bond donors (Lipinski definition) is 2. The second-order valence-electron chi connectivity index (χ2n) is 5.23. The molecule has 6 heteroatoms. The maximum Gasteiger partial charge on any atom is 0.170 e. The summed E-state index contributed by atoms with van der Waals surface area (Å²) < 4.78 is 6.37. The lowest BCUT2D eigenvalue weighted by Crippen LogP contribution is -2.25. The summed E-state index contributed by atoms with van der Waals surface area (Å²) in [6.45, 7) is 0.717. The number of rotatable bonds is 3. The van der Waals surface area contributed by atoms with E-state index >= 15 is 0 Å². The summed E-state index contributed by atoms with van der Waals surface area (Å²) in [5.41, 5.74) is 9.03. The van der Waals surface area contributed by atoms with E-state index in [-0.39, 0.29) is 0 Å². The number of aromatic nitrogens is 2. The summed E-state index contributed by atoms with van der Waals surface area (Å²) in [4.78, 5) is 8.03. The van der Waals surface area contributed by atoms with Crippen LogP contribution in [0.4, 0.5) is 5.82 Å². The Balaban J connectivity index is 1.71. The molecule has 0 spiro atoms. The Morgan fingerprint density at radius 2 is 1.70 bits per heavy atom. The highest BCUT2D eigenvalue weighted by atomic mass is 32.2. The molecule has 0 unspecified atom stereocenters. The zero-order valence-electron chi connectivity index (χ0n) is 12.3. The highest BCUT2D eigenvalue weighted by Gasteiger charge is 2.25. The first-order valence-electron chi connectivity index (χ1n) is 7.29. The van der Waals surface area contributed by atoms with Gasteiger partial charge in [0, 0.05) is 5.56 Å². The first-order valence-corrected chi connectivity index (χ1v) is 8.02. The first kappa shape index (κ1) is 13.9. The van der Waals surface area contributed by atoms with Crippen LogP contribution in [0.1, 0.15) is 11.3 Å². The third kappa shape index (κ3) is 2.68. The molecule has 0 fully saturated rings. The van der Waals surface area contributed by atoms with E-state index in [9.17, 15) is 0 Å². The smallest absolute Gasteiger partial charge is 0.170 e. The molecule has 3 N–H and O–H groups in total. The van der Waals surface area contributed by atoms with Crippen molar-refractivity contribution in [3.05, 3.63) is 71.9 Å². The van der Waals surface area contributed by atoms with Crippen molar-refractivity contribution in [2.75, 3.05) is 4.31 Å². The SMILES string of the molecule is NC1=NSN(Cc2ccccc2)c2nc(-c3ccccc3)[nH]c21. The molecular formula is C17H15N5S. The van der Waals surface area contributed by atoms with Gasteiger partial charge in [0.25, 0.3) is 0 Å². The monoisotopic (exact) mass is 321 g/mol. The molecule has 0 bridgehead atoms. The number of H-pyrrole nitrogens is 1. The average Bonchev–Trinajstić information content (AvgIpc) is 3.06. The Morgan fingerprint density at radius 3 is 2.43 bits per heavy atom. The van der Waals surface area contributed by atoms with Crippen molar-refractivity contribution < 1.29 is 0 Å². The van der Waals surface area contributed by atoms with Gasteiger partial charge >= 0.3 is 0 Å². The number of anilines is 1. The number of imidazole rings is 1. The number of benzene rings is 2. The van der Waals surface area contributed by atoms with Crippen LogP contribution in [0.15, 0.2) is 65.1 Å². The summed E-state index contributed by atoms with van der Waals surface area (Å²) in [5, 5.41) is 0. The van der Waals surface area contributed by atoms with Gasteiger partial charge in [0.15, 0.2) is 11.7 Å². The fourth-order valence-corrected chi connectivity index (χ4v) is 3.18. The maximum absolute atomic E-state index is 6.02. The van der Waals surface area contributed by atoms with Crippen molar-refractivity contribution >= 4 is 23.8 Å². The van der Waals surface area contributed by atoms with Crippen molar-refractivity contribution in [3.63, 3.8) is 0 Å². The number of hydrogen-bond acceptors (Lipinski definition) is 5. The maximum atomic E-state index is 6.02. The molecule has 1 aliphatic heterocycles. The zero-order valence-corrected chi connectivity index (χ0v) is 13.1. The van der Waals surface area contributed by atoms with Gasteiger partial charge in [0.2, 0.25) is 0 Å². The minimum atomic E-state index is 0.476. The quantitative estimate of drug-likeness (QED) is 0.726. The van der Waals surface area contributed by atoms with Gasteiger partial charge in [-0.05, 0) is 5.56 Å². The number of nitrogens with zero attached hydrogens (tertiary/aromatic N) is 3. The molecule has 0 saturated carbocycles. The highest BCUT2D eigenvalue weighted by Crippen LogP contribution is 2.33. The Kier molecular flexibility index (Phi) is 3.51. The molecule has 5 nitrogen and oxygen atoms in total. The number of nitrogens with two attached hydrogens (primary N) is 1. The molecule has 1 aromatic heterocycles. The Bertz CT molecular complexity index is 842. The molecule has 23 heavy (non-hydrogen) atoms. The van der Waals surface area contributed by atoms with Gasteiger partial charge in [-0.25, -0.2) is 4.98 Å². The number of nitrogens with one attached hydrogen (secondary N) is 1. The molecule has 3 aromatic rings. The van der Waals surface area contributed by atoms with Crippen LogP contribution >= 0.6 is 12.1 Å². The standard InChI is InChI=1S/C17H15N5S/c18-15-14-17(20-16(19-14)13-9-5-2-6-10-13)22(23-21-15)11-12-7-3-1-4-8-12/h1-10H,11H2,(H2,18,21)(H,19,20). The van der Waals surface area contributed by atoms with Crippen molar-refractivity contribution in [2.45, 2.75) is 6.54 Å². The molecular weight excluding hydrogens is 306 g/mol. The lowest BCUT2D eigenvalue weighted by molar-refractivity contribution is 1.03. The van der Waals surface area contributed by atoms with Crippen LogP contribution in [0, 0.1) is 0 Å². The van der Waals surface area contributed by atoms with Crippen molar-refractivity contribution in [2.24, 2.45) is 10.1 Å². The molecule has 4 rings (SSSR count). The van der Waals surface area contributed by atoms with E-state index in [4.69, 9.17) is 10.7 Å². The molecule has 0 aliphatic carbocycles. The Hall–Kier alpha value is -2.73. The van der Waals surface area contributed by atoms with E-state index in [2.05, 4.69) is 21.5 Å². The second-order valence-corrected chi connectivity index (χ2v) is 6.02. The lowest BCUT2D eigenvalue weighted by Gasteiger charge is -2.22. The van der Waals surface area contributed by atoms with Crippen LogP contribution in [-0.2, 0) is 6.54 Å². The number of fused-ring (bicyclic) bond motifs is 1. The van der Waals surface area contributed by atoms with E-state index in [1.165, 1.54) is 17.7 Å². The summed E-state index contributed by atoms with van der Waals surface area (Å²) in [7, 11) is 0. The van der Waals surface area contributed by atoms with E-state index in [1.807, 2.05) is 52.8 Å². The van der Waals surface area contributed by atoms with Gasteiger partial charge in [-0.3, -0.25) is 4.31 Å². The third-order valence-electron chi connectivity index (χ3n) is 3.63. The van der Waals surface area contributed by atoms with E-state index in [1.54, 1.807) is 0 Å². The van der Waals surface area contributed by atoms with Crippen LogP contribution in [0.25, 0.3) is 11.4 Å². The molecule has 0 radical (unpaired) electrons. The van der Waals surface area contributed by atoms with E-state index in [0.717, 1.165) is 22.9 Å². The minimum Gasteiger partial charge on any atom is -0.381 e. The summed E-state index contributed by atoms with van der Waals surface area (Å²) in [5.74, 6) is 2.10. The van der Waals surface area contributed by atoms with Crippen LogP contribution in [0.2, 0.25) is 0 Å². The zero-order chi connectivity index (χ0) is 15.6. The second kappa shape index (κ2) is 5.81. The van der Waals surface area contributed by atoms with Crippen LogP contribution in [0.5, 0.6) is 0 Å². The van der Waals surface area contributed by atoms with Crippen molar-refractivity contribution in [1.29, 1.82) is 0 Å². The molecule has 0 amide bonds. The number of aromatic amines is 1. The largest absolute Gasteiger partial charge is 0.381 e. The summed E-state index contributed by atoms with van der Waals surface area (Å²) in [6.07, 6.45) is 0. The average molecular weight is 321 g/mol. The Morgan fingerprint density at radius 1 is 1.00 bits per heavy atom. The fourth-order valence-electron chi connectivity index (χ4n) is 2.49. The highest BCUT2D eigenvalue weighted by molar-refractivity contribution is 7.99. The van der Waals surface area contributed by atoms with Crippen LogP contribution in [0.3, 0.4) is 0 Å². The van der Waals surface area contributed by atoms with Crippen molar-refractivity contribution in [3.8, 4) is 11.4 Å². The number of amidine groups is 1. The molecule has 0 atom stereocenters. The normalized spacial score (nSPS) is 13.6.